The number of rotatable bonds is 7. The first-order valence-electron chi connectivity index (χ1n) is 9.30. The first-order chi connectivity index (χ1) is 12.6. The predicted octanol–water partition coefficient (Wildman–Crippen LogP) is 4.10. The van der Waals surface area contributed by atoms with Crippen molar-refractivity contribution in [3.05, 3.63) is 57.8 Å². The van der Waals surface area contributed by atoms with Crippen LogP contribution < -0.4 is 10.6 Å². The first kappa shape index (κ1) is 18.6. The van der Waals surface area contributed by atoms with E-state index in [1.165, 1.54) is 18.4 Å². The van der Waals surface area contributed by atoms with Crippen molar-refractivity contribution in [2.24, 2.45) is 0 Å². The molecule has 2 N–H and O–H groups in total. The van der Waals surface area contributed by atoms with Crippen molar-refractivity contribution in [1.82, 2.24) is 10.6 Å². The summed E-state index contributed by atoms with van der Waals surface area (Å²) in [6, 6.07) is 12.4. The maximum Gasteiger partial charge on any atom is 0.221 e. The Balaban J connectivity index is 1.57. The Morgan fingerprint density at radius 1 is 1.08 bits per heavy atom. The Labute approximate surface area is 159 Å². The molecular formula is C21H26N2O2S. The molecule has 1 heterocycles. The minimum Gasteiger partial charge on any atom is -0.353 e. The average Bonchev–Trinajstić information content (AvgIpc) is 3.33. The number of hydrogen-bond donors (Lipinski definition) is 2. The fourth-order valence-electron chi connectivity index (χ4n) is 3.36. The predicted molar refractivity (Wildman–Crippen MR) is 105 cm³/mol. The second-order valence-electron chi connectivity index (χ2n) is 6.98. The molecular weight excluding hydrogens is 344 g/mol. The van der Waals surface area contributed by atoms with E-state index in [1.54, 1.807) is 11.3 Å². The lowest BCUT2D eigenvalue weighted by Gasteiger charge is -2.18. The van der Waals surface area contributed by atoms with Gasteiger partial charge in [0.15, 0.2) is 0 Å². The lowest BCUT2D eigenvalue weighted by Crippen LogP contribution is -2.34. The van der Waals surface area contributed by atoms with Crippen LogP contribution in [0.3, 0.4) is 0 Å². The molecule has 1 fully saturated rings. The van der Waals surface area contributed by atoms with E-state index in [2.05, 4.69) is 22.8 Å². The summed E-state index contributed by atoms with van der Waals surface area (Å²) in [5.74, 6) is -0.111. The Kier molecular flexibility index (Phi) is 6.45. The van der Waals surface area contributed by atoms with E-state index in [9.17, 15) is 9.59 Å². The fraction of sp³-hybridized carbons (Fsp3) is 0.429. The van der Waals surface area contributed by atoms with Gasteiger partial charge < -0.3 is 10.6 Å². The van der Waals surface area contributed by atoms with Crippen LogP contribution in [0.5, 0.6) is 0 Å². The lowest BCUT2D eigenvalue weighted by molar-refractivity contribution is -0.127. The summed E-state index contributed by atoms with van der Waals surface area (Å²) in [7, 11) is 0. The highest BCUT2D eigenvalue weighted by Crippen LogP contribution is 2.26. The molecule has 0 spiro atoms. The molecule has 0 bridgehead atoms. The standard InChI is InChI=1S/C21H26N2O2S/c1-15-8-10-16(11-9-15)21(18-7-4-14-26-18)23-20(25)13-12-19(24)22-17-5-2-3-6-17/h4,7-11,14,17,21H,2-3,5-6,12-13H2,1H3,(H,22,24)(H,23,25)/t21-/m1/s1. The monoisotopic (exact) mass is 370 g/mol. The first-order valence-corrected chi connectivity index (χ1v) is 10.2. The highest BCUT2D eigenvalue weighted by molar-refractivity contribution is 7.10. The SMILES string of the molecule is Cc1ccc([C@@H](NC(=O)CCC(=O)NC2CCCC2)c2cccs2)cc1. The minimum absolute atomic E-state index is 0.0185. The summed E-state index contributed by atoms with van der Waals surface area (Å²) >= 11 is 1.62. The van der Waals surface area contributed by atoms with Crippen molar-refractivity contribution in [3.8, 4) is 0 Å². The van der Waals surface area contributed by atoms with Crippen LogP contribution in [0.1, 0.15) is 60.6 Å². The van der Waals surface area contributed by atoms with Crippen LogP contribution in [0.2, 0.25) is 0 Å². The van der Waals surface area contributed by atoms with Crippen LogP contribution in [0.4, 0.5) is 0 Å². The quantitative estimate of drug-likeness (QED) is 0.771. The number of carbonyl (C=O) groups is 2. The van der Waals surface area contributed by atoms with E-state index in [-0.39, 0.29) is 30.7 Å². The average molecular weight is 371 g/mol. The molecule has 1 atom stereocenters. The topological polar surface area (TPSA) is 58.2 Å². The van der Waals surface area contributed by atoms with Gasteiger partial charge in [0.05, 0.1) is 6.04 Å². The molecule has 1 aromatic heterocycles. The molecule has 1 aliphatic carbocycles. The van der Waals surface area contributed by atoms with Crippen molar-refractivity contribution >= 4 is 23.2 Å². The second kappa shape index (κ2) is 8.99. The molecule has 3 rings (SSSR count). The molecule has 1 aliphatic rings. The summed E-state index contributed by atoms with van der Waals surface area (Å²) in [5, 5.41) is 8.14. The van der Waals surface area contributed by atoms with Crippen LogP contribution in [0.15, 0.2) is 41.8 Å². The molecule has 26 heavy (non-hydrogen) atoms. The number of benzene rings is 1. The number of amides is 2. The molecule has 0 unspecified atom stereocenters. The van der Waals surface area contributed by atoms with Gasteiger partial charge in [-0.2, -0.15) is 0 Å². The Bertz CT molecular complexity index is 719. The van der Waals surface area contributed by atoms with Crippen molar-refractivity contribution in [2.75, 3.05) is 0 Å². The maximum atomic E-state index is 12.4. The summed E-state index contributed by atoms with van der Waals surface area (Å²) in [5.41, 5.74) is 2.25. The molecule has 2 aromatic rings. The van der Waals surface area contributed by atoms with E-state index < -0.39 is 0 Å². The van der Waals surface area contributed by atoms with Crippen LogP contribution >= 0.6 is 11.3 Å². The fourth-order valence-corrected chi connectivity index (χ4v) is 4.17. The van der Waals surface area contributed by atoms with Crippen molar-refractivity contribution < 1.29 is 9.59 Å². The van der Waals surface area contributed by atoms with Crippen molar-refractivity contribution in [1.29, 1.82) is 0 Å². The number of hydrogen-bond acceptors (Lipinski definition) is 3. The van der Waals surface area contributed by atoms with Gasteiger partial charge >= 0.3 is 0 Å². The van der Waals surface area contributed by atoms with Crippen LogP contribution in [-0.2, 0) is 9.59 Å². The van der Waals surface area contributed by atoms with Gasteiger partial charge in [0.1, 0.15) is 0 Å². The van der Waals surface area contributed by atoms with Gasteiger partial charge in [0.2, 0.25) is 11.8 Å². The van der Waals surface area contributed by atoms with Gasteiger partial charge in [-0.05, 0) is 36.8 Å². The molecule has 5 heteroatoms. The zero-order valence-electron chi connectivity index (χ0n) is 15.2. The van der Waals surface area contributed by atoms with Crippen LogP contribution in [0.25, 0.3) is 0 Å². The number of carbonyl (C=O) groups excluding carboxylic acids is 2. The van der Waals surface area contributed by atoms with E-state index in [1.807, 2.05) is 36.6 Å². The van der Waals surface area contributed by atoms with Gasteiger partial charge in [-0.3, -0.25) is 9.59 Å². The number of nitrogens with one attached hydrogen (secondary N) is 2. The van der Waals surface area contributed by atoms with E-state index in [0.717, 1.165) is 23.3 Å². The van der Waals surface area contributed by atoms with Crippen molar-refractivity contribution in [3.63, 3.8) is 0 Å². The third-order valence-electron chi connectivity index (χ3n) is 4.84. The molecule has 0 saturated heterocycles. The Morgan fingerprint density at radius 3 is 2.42 bits per heavy atom. The summed E-state index contributed by atoms with van der Waals surface area (Å²) in [6.07, 6.45) is 4.95. The van der Waals surface area contributed by atoms with Crippen LogP contribution in [-0.4, -0.2) is 17.9 Å². The van der Waals surface area contributed by atoms with Crippen LogP contribution in [0, 0.1) is 6.92 Å². The summed E-state index contributed by atoms with van der Waals surface area (Å²) in [6.45, 7) is 2.05. The highest BCUT2D eigenvalue weighted by Gasteiger charge is 2.20. The molecule has 4 nitrogen and oxygen atoms in total. The number of aryl methyl sites for hydroxylation is 1. The van der Waals surface area contributed by atoms with Gasteiger partial charge in [-0.25, -0.2) is 0 Å². The molecule has 0 radical (unpaired) electrons. The number of thiophene rings is 1. The minimum atomic E-state index is -0.166. The van der Waals surface area contributed by atoms with E-state index >= 15 is 0 Å². The normalized spacial score (nSPS) is 15.6. The summed E-state index contributed by atoms with van der Waals surface area (Å²) in [4.78, 5) is 25.6. The highest BCUT2D eigenvalue weighted by atomic mass is 32.1. The lowest BCUT2D eigenvalue weighted by atomic mass is 10.0. The third-order valence-corrected chi connectivity index (χ3v) is 5.78. The second-order valence-corrected chi connectivity index (χ2v) is 7.95. The zero-order valence-corrected chi connectivity index (χ0v) is 16.0. The van der Waals surface area contributed by atoms with Crippen molar-refractivity contribution in [2.45, 2.75) is 57.5 Å². The third kappa shape index (κ3) is 5.18. The molecule has 1 aromatic carbocycles. The van der Waals surface area contributed by atoms with Gasteiger partial charge in [0.25, 0.3) is 0 Å². The van der Waals surface area contributed by atoms with E-state index in [4.69, 9.17) is 0 Å². The molecule has 1 saturated carbocycles. The maximum absolute atomic E-state index is 12.4. The zero-order chi connectivity index (χ0) is 18.4. The van der Waals surface area contributed by atoms with Gasteiger partial charge in [0, 0.05) is 23.8 Å². The summed E-state index contributed by atoms with van der Waals surface area (Å²) < 4.78 is 0. The largest absolute Gasteiger partial charge is 0.353 e. The Morgan fingerprint density at radius 2 is 1.77 bits per heavy atom. The molecule has 0 aliphatic heterocycles. The van der Waals surface area contributed by atoms with Gasteiger partial charge in [-0.1, -0.05) is 48.7 Å². The van der Waals surface area contributed by atoms with E-state index in [0.29, 0.717) is 6.04 Å². The molecule has 138 valence electrons. The smallest absolute Gasteiger partial charge is 0.221 e. The molecule has 2 amide bonds. The Hall–Kier alpha value is -2.14. The van der Waals surface area contributed by atoms with Gasteiger partial charge in [-0.15, -0.1) is 11.3 Å².